The van der Waals surface area contributed by atoms with E-state index in [9.17, 15) is 0 Å². The fourth-order valence-corrected chi connectivity index (χ4v) is 2.09. The van der Waals surface area contributed by atoms with Crippen LogP contribution in [-0.4, -0.2) is 0 Å². The van der Waals surface area contributed by atoms with Crippen molar-refractivity contribution in [2.45, 2.75) is 51.9 Å². The highest BCUT2D eigenvalue weighted by atomic mass is 14.2. The molecule has 0 aliphatic heterocycles. The zero-order valence-corrected chi connectivity index (χ0v) is 7.81. The Kier molecular flexibility index (Phi) is 3.96. The Balaban J connectivity index is 2.22. The Morgan fingerprint density at radius 2 is 1.64 bits per heavy atom. The summed E-state index contributed by atoms with van der Waals surface area (Å²) in [7, 11) is 0. The summed E-state index contributed by atoms with van der Waals surface area (Å²) >= 11 is 0. The van der Waals surface area contributed by atoms with E-state index in [4.69, 9.17) is 0 Å². The zero-order valence-electron chi connectivity index (χ0n) is 7.81. The molecule has 0 saturated heterocycles. The molecule has 0 aromatic carbocycles. The molecule has 0 bridgehead atoms. The Morgan fingerprint density at radius 1 is 1.09 bits per heavy atom. The first kappa shape index (κ1) is 9.09. The van der Waals surface area contributed by atoms with E-state index in [2.05, 4.69) is 13.8 Å². The van der Waals surface area contributed by atoms with E-state index in [0.29, 0.717) is 0 Å². The van der Waals surface area contributed by atoms with E-state index < -0.39 is 0 Å². The Bertz CT molecular complexity index is 86.2. The predicted molar refractivity (Wildman–Crippen MR) is 50.3 cm³/mol. The van der Waals surface area contributed by atoms with Crippen LogP contribution in [-0.2, 0) is 0 Å². The van der Waals surface area contributed by atoms with Gasteiger partial charge in [-0.3, -0.25) is 0 Å². The molecule has 0 unspecified atom stereocenters. The second-order valence-electron chi connectivity index (χ2n) is 4.12. The summed E-state index contributed by atoms with van der Waals surface area (Å²) in [4.78, 5) is 0. The predicted octanol–water partition coefficient (Wildman–Crippen LogP) is 3.82. The van der Waals surface area contributed by atoms with Gasteiger partial charge in [0, 0.05) is 0 Å². The molecule has 1 aliphatic rings. The molecule has 11 heavy (non-hydrogen) atoms. The van der Waals surface area contributed by atoms with Gasteiger partial charge in [-0.25, -0.2) is 0 Å². The van der Waals surface area contributed by atoms with Crippen molar-refractivity contribution < 1.29 is 0 Å². The number of hydrogen-bond donors (Lipinski definition) is 0. The third-order valence-corrected chi connectivity index (χ3v) is 3.03. The molecule has 0 nitrogen and oxygen atoms in total. The molecular weight excluding hydrogens is 132 g/mol. The fraction of sp³-hybridized carbons (Fsp3) is 0.909. The second kappa shape index (κ2) is 4.79. The summed E-state index contributed by atoms with van der Waals surface area (Å²) in [6, 6.07) is 0. The van der Waals surface area contributed by atoms with Gasteiger partial charge in [-0.05, 0) is 11.8 Å². The summed E-state index contributed by atoms with van der Waals surface area (Å²) in [5.74, 6) is 1.93. The molecule has 0 aromatic heterocycles. The van der Waals surface area contributed by atoms with Crippen molar-refractivity contribution in [1.82, 2.24) is 0 Å². The third-order valence-electron chi connectivity index (χ3n) is 3.03. The summed E-state index contributed by atoms with van der Waals surface area (Å²) in [6.07, 6.45) is 9.84. The number of hydrogen-bond acceptors (Lipinski definition) is 0. The Morgan fingerprint density at radius 3 is 2.09 bits per heavy atom. The van der Waals surface area contributed by atoms with E-state index in [0.717, 1.165) is 18.3 Å². The number of rotatable bonds is 1. The van der Waals surface area contributed by atoms with E-state index in [1.807, 2.05) is 0 Å². The van der Waals surface area contributed by atoms with Gasteiger partial charge in [-0.2, -0.15) is 0 Å². The SMILES string of the molecule is [CH2]CC1CCCC(C)CCC1. The first-order chi connectivity index (χ1) is 5.33. The average molecular weight is 153 g/mol. The molecule has 65 valence electrons. The third kappa shape index (κ3) is 3.27. The minimum atomic E-state index is 0.947. The molecule has 0 heteroatoms. The van der Waals surface area contributed by atoms with E-state index in [1.54, 1.807) is 0 Å². The lowest BCUT2D eigenvalue weighted by atomic mass is 9.85. The van der Waals surface area contributed by atoms with Crippen LogP contribution in [0.3, 0.4) is 0 Å². The molecule has 0 aromatic rings. The second-order valence-corrected chi connectivity index (χ2v) is 4.12. The summed E-state index contributed by atoms with van der Waals surface area (Å²) in [5.41, 5.74) is 0. The lowest BCUT2D eigenvalue weighted by Gasteiger charge is -2.21. The highest BCUT2D eigenvalue weighted by Gasteiger charge is 2.12. The summed E-state index contributed by atoms with van der Waals surface area (Å²) in [6.45, 7) is 6.39. The molecule has 0 heterocycles. The molecule has 0 atom stereocenters. The van der Waals surface area contributed by atoms with Gasteiger partial charge in [-0.15, -0.1) is 0 Å². The minimum absolute atomic E-state index is 0.947. The van der Waals surface area contributed by atoms with Gasteiger partial charge >= 0.3 is 0 Å². The van der Waals surface area contributed by atoms with Crippen LogP contribution in [0.4, 0.5) is 0 Å². The van der Waals surface area contributed by atoms with Crippen LogP contribution in [0, 0.1) is 18.8 Å². The van der Waals surface area contributed by atoms with Crippen LogP contribution in [0.2, 0.25) is 0 Å². The molecule has 1 aliphatic carbocycles. The Labute approximate surface area is 71.4 Å². The maximum Gasteiger partial charge on any atom is -0.0414 e. The maximum atomic E-state index is 4.00. The highest BCUT2D eigenvalue weighted by Crippen LogP contribution is 2.26. The molecule has 1 rings (SSSR count). The first-order valence-electron chi connectivity index (χ1n) is 5.12. The fourth-order valence-electron chi connectivity index (χ4n) is 2.09. The average Bonchev–Trinajstić information content (AvgIpc) is 1.96. The van der Waals surface area contributed by atoms with Gasteiger partial charge in [0.15, 0.2) is 0 Å². The van der Waals surface area contributed by atoms with Crippen molar-refractivity contribution in [2.24, 2.45) is 11.8 Å². The Hall–Kier alpha value is 0. The van der Waals surface area contributed by atoms with E-state index in [-0.39, 0.29) is 0 Å². The van der Waals surface area contributed by atoms with Crippen molar-refractivity contribution in [3.63, 3.8) is 0 Å². The summed E-state index contributed by atoms with van der Waals surface area (Å²) < 4.78 is 0. The highest BCUT2D eigenvalue weighted by molar-refractivity contribution is 4.67. The molecule has 0 N–H and O–H groups in total. The van der Waals surface area contributed by atoms with Crippen LogP contribution >= 0.6 is 0 Å². The standard InChI is InChI=1S/C11H21/c1-3-11-8-4-6-10(2)7-5-9-11/h10-11H,1,3-9H2,2H3. The van der Waals surface area contributed by atoms with Crippen LogP contribution < -0.4 is 0 Å². The van der Waals surface area contributed by atoms with Crippen molar-refractivity contribution in [1.29, 1.82) is 0 Å². The normalized spacial score (nSPS) is 34.4. The lowest BCUT2D eigenvalue weighted by Crippen LogP contribution is -2.06. The van der Waals surface area contributed by atoms with E-state index >= 15 is 0 Å². The van der Waals surface area contributed by atoms with Crippen molar-refractivity contribution in [3.8, 4) is 0 Å². The van der Waals surface area contributed by atoms with Crippen molar-refractivity contribution in [2.75, 3.05) is 0 Å². The van der Waals surface area contributed by atoms with Crippen molar-refractivity contribution in [3.05, 3.63) is 6.92 Å². The van der Waals surface area contributed by atoms with Gasteiger partial charge in [0.25, 0.3) is 0 Å². The van der Waals surface area contributed by atoms with Gasteiger partial charge in [-0.1, -0.05) is 58.8 Å². The minimum Gasteiger partial charge on any atom is -0.0625 e. The lowest BCUT2D eigenvalue weighted by molar-refractivity contribution is 0.331. The monoisotopic (exact) mass is 153 g/mol. The largest absolute Gasteiger partial charge is 0.0625 e. The topological polar surface area (TPSA) is 0 Å². The maximum absolute atomic E-state index is 4.00. The molecular formula is C11H21. The quantitative estimate of drug-likeness (QED) is 0.537. The van der Waals surface area contributed by atoms with Crippen molar-refractivity contribution >= 4 is 0 Å². The van der Waals surface area contributed by atoms with Crippen LogP contribution in [0.25, 0.3) is 0 Å². The van der Waals surface area contributed by atoms with Crippen LogP contribution in [0.15, 0.2) is 0 Å². The van der Waals surface area contributed by atoms with Crippen LogP contribution in [0.1, 0.15) is 51.9 Å². The zero-order chi connectivity index (χ0) is 8.10. The first-order valence-corrected chi connectivity index (χ1v) is 5.12. The molecule has 1 radical (unpaired) electrons. The van der Waals surface area contributed by atoms with Gasteiger partial charge in [0.05, 0.1) is 0 Å². The van der Waals surface area contributed by atoms with Gasteiger partial charge in [0.2, 0.25) is 0 Å². The molecule has 0 spiro atoms. The summed E-state index contributed by atoms with van der Waals surface area (Å²) in [5, 5.41) is 0. The van der Waals surface area contributed by atoms with Crippen LogP contribution in [0.5, 0.6) is 0 Å². The van der Waals surface area contributed by atoms with Gasteiger partial charge in [0.1, 0.15) is 0 Å². The van der Waals surface area contributed by atoms with E-state index in [1.165, 1.54) is 38.5 Å². The smallest absolute Gasteiger partial charge is 0.0414 e. The molecule has 0 amide bonds. The molecule has 1 fully saturated rings. The molecule has 1 saturated carbocycles. The van der Waals surface area contributed by atoms with Gasteiger partial charge < -0.3 is 0 Å².